The number of aliphatic carboxylic acids is 1. The first-order valence-corrected chi connectivity index (χ1v) is 10.5. The van der Waals surface area contributed by atoms with Crippen molar-refractivity contribution in [2.45, 2.75) is 25.9 Å². The van der Waals surface area contributed by atoms with Crippen molar-refractivity contribution in [3.63, 3.8) is 0 Å². The Morgan fingerprint density at radius 2 is 2.05 bits per heavy atom. The number of carbonyl (C=O) groups is 1. The zero-order valence-electron chi connectivity index (χ0n) is 11.3. The molecule has 1 saturated heterocycles. The summed E-state index contributed by atoms with van der Waals surface area (Å²) in [7, 11) is -1.50. The summed E-state index contributed by atoms with van der Waals surface area (Å²) in [5, 5.41) is 8.70. The van der Waals surface area contributed by atoms with Gasteiger partial charge < -0.3 is 14.6 Å². The highest BCUT2D eigenvalue weighted by atomic mass is 32.1. The van der Waals surface area contributed by atoms with Gasteiger partial charge in [-0.1, -0.05) is 19.6 Å². The zero-order chi connectivity index (χ0) is 14.0. The molecule has 0 unspecified atom stereocenters. The van der Waals surface area contributed by atoms with Crippen molar-refractivity contribution in [2.24, 2.45) is 0 Å². The standard InChI is InChI=1S/C13H18O4SSi/c1-19(2,3)13-10(12-16-6-7-17-12)8-9(18-13)4-5-11(14)15/h4-5,8,12H,6-7H2,1-3H3,(H,14,15)/b5-4+. The van der Waals surface area contributed by atoms with Gasteiger partial charge >= 0.3 is 5.97 Å². The maximum atomic E-state index is 10.6. The van der Waals surface area contributed by atoms with Gasteiger partial charge in [0.15, 0.2) is 6.29 Å². The summed E-state index contributed by atoms with van der Waals surface area (Å²) in [5.74, 6) is -0.933. The van der Waals surface area contributed by atoms with E-state index in [-0.39, 0.29) is 6.29 Å². The minimum absolute atomic E-state index is 0.287. The van der Waals surface area contributed by atoms with Gasteiger partial charge in [0.25, 0.3) is 0 Å². The van der Waals surface area contributed by atoms with Crippen molar-refractivity contribution in [1.29, 1.82) is 0 Å². The van der Waals surface area contributed by atoms with E-state index in [4.69, 9.17) is 14.6 Å². The van der Waals surface area contributed by atoms with Crippen LogP contribution in [-0.2, 0) is 14.3 Å². The smallest absolute Gasteiger partial charge is 0.328 e. The van der Waals surface area contributed by atoms with Gasteiger partial charge in [0, 0.05) is 16.5 Å². The molecule has 2 rings (SSSR count). The average Bonchev–Trinajstić information content (AvgIpc) is 2.94. The molecule has 0 saturated carbocycles. The Morgan fingerprint density at radius 3 is 2.58 bits per heavy atom. The summed E-state index contributed by atoms with van der Waals surface area (Å²) >= 11 is 1.65. The maximum absolute atomic E-state index is 10.6. The second-order valence-electron chi connectivity index (χ2n) is 5.43. The summed E-state index contributed by atoms with van der Waals surface area (Å²) in [6.45, 7) is 8.03. The Bertz CT molecular complexity index is 495. The lowest BCUT2D eigenvalue weighted by Crippen LogP contribution is -2.38. The molecule has 0 radical (unpaired) electrons. The van der Waals surface area contributed by atoms with Crippen molar-refractivity contribution in [3.8, 4) is 0 Å². The Balaban J connectivity index is 2.36. The molecule has 0 aliphatic carbocycles. The third-order valence-electron chi connectivity index (χ3n) is 2.73. The molecule has 1 aromatic rings. The molecule has 0 spiro atoms. The number of hydrogen-bond donors (Lipinski definition) is 1. The molecule has 0 amide bonds. The topological polar surface area (TPSA) is 55.8 Å². The van der Waals surface area contributed by atoms with E-state index in [2.05, 4.69) is 19.6 Å². The van der Waals surface area contributed by atoms with Crippen molar-refractivity contribution in [2.75, 3.05) is 13.2 Å². The average molecular weight is 298 g/mol. The quantitative estimate of drug-likeness (QED) is 0.685. The van der Waals surface area contributed by atoms with Gasteiger partial charge in [0.2, 0.25) is 0 Å². The van der Waals surface area contributed by atoms with E-state index in [1.165, 1.54) is 10.6 Å². The predicted molar refractivity (Wildman–Crippen MR) is 78.6 cm³/mol. The summed E-state index contributed by atoms with van der Waals surface area (Å²) in [4.78, 5) is 11.5. The minimum Gasteiger partial charge on any atom is -0.478 e. The van der Waals surface area contributed by atoms with Crippen LogP contribution in [0.4, 0.5) is 0 Å². The van der Waals surface area contributed by atoms with E-state index in [0.717, 1.165) is 10.4 Å². The Morgan fingerprint density at radius 1 is 1.42 bits per heavy atom. The van der Waals surface area contributed by atoms with Crippen LogP contribution in [0.1, 0.15) is 16.7 Å². The van der Waals surface area contributed by atoms with Crippen LogP contribution in [0.2, 0.25) is 19.6 Å². The predicted octanol–water partition coefficient (Wildman–Crippen LogP) is 2.44. The van der Waals surface area contributed by atoms with Crippen LogP contribution in [-0.4, -0.2) is 32.4 Å². The van der Waals surface area contributed by atoms with E-state index in [0.29, 0.717) is 13.2 Å². The highest BCUT2D eigenvalue weighted by Crippen LogP contribution is 2.29. The van der Waals surface area contributed by atoms with Gasteiger partial charge in [-0.3, -0.25) is 0 Å². The summed E-state index contributed by atoms with van der Waals surface area (Å²) < 4.78 is 12.5. The molecule has 4 nitrogen and oxygen atoms in total. The van der Waals surface area contributed by atoms with Crippen LogP contribution >= 0.6 is 11.3 Å². The summed E-state index contributed by atoms with van der Waals surface area (Å²) in [6.07, 6.45) is 2.51. The molecule has 0 bridgehead atoms. The van der Waals surface area contributed by atoms with Gasteiger partial charge in [0.05, 0.1) is 21.3 Å². The number of carboxylic acids is 1. The van der Waals surface area contributed by atoms with Crippen LogP contribution < -0.4 is 4.50 Å². The molecule has 1 N–H and O–H groups in total. The molecule has 104 valence electrons. The largest absolute Gasteiger partial charge is 0.478 e. The third kappa shape index (κ3) is 3.53. The molecule has 6 heteroatoms. The molecule has 0 atom stereocenters. The fraction of sp³-hybridized carbons (Fsp3) is 0.462. The van der Waals surface area contributed by atoms with E-state index in [9.17, 15) is 4.79 Å². The van der Waals surface area contributed by atoms with Crippen molar-refractivity contribution in [3.05, 3.63) is 22.6 Å². The number of rotatable bonds is 4. The number of hydrogen-bond acceptors (Lipinski definition) is 4. The van der Waals surface area contributed by atoms with Gasteiger partial charge in [-0.25, -0.2) is 4.79 Å². The van der Waals surface area contributed by atoms with Crippen LogP contribution in [0.5, 0.6) is 0 Å². The van der Waals surface area contributed by atoms with Gasteiger partial charge in [-0.2, -0.15) is 0 Å². The highest BCUT2D eigenvalue weighted by Gasteiger charge is 2.30. The number of ether oxygens (including phenoxy) is 2. The first kappa shape index (κ1) is 14.5. The number of carboxylic acid groups (broad SMARTS) is 1. The van der Waals surface area contributed by atoms with Gasteiger partial charge in [0.1, 0.15) is 0 Å². The van der Waals surface area contributed by atoms with Crippen molar-refractivity contribution >= 4 is 36.0 Å². The fourth-order valence-corrected chi connectivity index (χ4v) is 5.42. The van der Waals surface area contributed by atoms with E-state index in [1.807, 2.05) is 6.07 Å². The Kier molecular flexibility index (Phi) is 4.25. The fourth-order valence-electron chi connectivity index (χ4n) is 1.96. The van der Waals surface area contributed by atoms with Gasteiger partial charge in [-0.15, -0.1) is 11.3 Å². The molecular weight excluding hydrogens is 280 g/mol. The van der Waals surface area contributed by atoms with E-state index in [1.54, 1.807) is 17.4 Å². The second kappa shape index (κ2) is 5.58. The van der Waals surface area contributed by atoms with E-state index >= 15 is 0 Å². The van der Waals surface area contributed by atoms with Crippen LogP contribution in [0.25, 0.3) is 6.08 Å². The minimum atomic E-state index is -1.50. The van der Waals surface area contributed by atoms with Gasteiger partial charge in [-0.05, 0) is 16.6 Å². The first-order valence-electron chi connectivity index (χ1n) is 6.16. The SMILES string of the molecule is C[Si](C)(C)c1sc(/C=C/C(=O)O)cc1C1OCCO1. The molecule has 1 fully saturated rings. The molecule has 1 aliphatic rings. The summed E-state index contributed by atoms with van der Waals surface area (Å²) in [5.41, 5.74) is 1.08. The number of thiophene rings is 1. The normalized spacial score (nSPS) is 17.4. The lowest BCUT2D eigenvalue weighted by molar-refractivity contribution is -0.131. The van der Waals surface area contributed by atoms with Crippen molar-refractivity contribution < 1.29 is 19.4 Å². The Labute approximate surface area is 117 Å². The first-order chi connectivity index (χ1) is 8.88. The zero-order valence-corrected chi connectivity index (χ0v) is 13.1. The molecule has 1 aromatic heterocycles. The molecular formula is C13H18O4SSi. The maximum Gasteiger partial charge on any atom is 0.328 e. The highest BCUT2D eigenvalue weighted by molar-refractivity contribution is 7.27. The molecule has 1 aliphatic heterocycles. The summed E-state index contributed by atoms with van der Waals surface area (Å²) in [6, 6.07) is 1.99. The van der Waals surface area contributed by atoms with Crippen LogP contribution in [0.3, 0.4) is 0 Å². The lowest BCUT2D eigenvalue weighted by Gasteiger charge is -2.19. The Hall–Kier alpha value is -0.953. The molecule has 2 heterocycles. The third-order valence-corrected chi connectivity index (χ3v) is 7.45. The lowest BCUT2D eigenvalue weighted by atomic mass is 10.3. The van der Waals surface area contributed by atoms with Crippen molar-refractivity contribution in [1.82, 2.24) is 0 Å². The van der Waals surface area contributed by atoms with E-state index < -0.39 is 14.0 Å². The second-order valence-corrected chi connectivity index (χ2v) is 11.9. The monoisotopic (exact) mass is 298 g/mol. The molecule has 19 heavy (non-hydrogen) atoms. The van der Waals surface area contributed by atoms with Crippen LogP contribution in [0.15, 0.2) is 12.1 Å². The van der Waals surface area contributed by atoms with Crippen LogP contribution in [0, 0.1) is 0 Å². The molecule has 0 aromatic carbocycles.